The number of nitrogens with one attached hydrogen (secondary N) is 1. The van der Waals surface area contributed by atoms with Gasteiger partial charge in [0.2, 0.25) is 11.5 Å². The number of amides is 1. The van der Waals surface area contributed by atoms with E-state index in [4.69, 9.17) is 14.2 Å². The minimum Gasteiger partial charge on any atom is -0.489 e. The molecule has 1 fully saturated rings. The van der Waals surface area contributed by atoms with Crippen LogP contribution in [0.25, 0.3) is 0 Å². The number of esters is 1. The second-order valence-corrected chi connectivity index (χ2v) is 7.05. The number of cyclic esters (lactones) is 1. The van der Waals surface area contributed by atoms with Crippen LogP contribution in [0.4, 0.5) is 4.39 Å². The zero-order chi connectivity index (χ0) is 21.0. The van der Waals surface area contributed by atoms with E-state index in [1.54, 1.807) is 32.0 Å². The molecule has 0 saturated carbocycles. The largest absolute Gasteiger partial charge is 0.489 e. The second kappa shape index (κ2) is 8.34. The maximum absolute atomic E-state index is 13.0. The number of para-hydroxylation sites is 1. The third-order valence-electron chi connectivity index (χ3n) is 4.27. The zero-order valence-electron chi connectivity index (χ0n) is 16.5. The highest BCUT2D eigenvalue weighted by Gasteiger charge is 2.39. The van der Waals surface area contributed by atoms with Crippen LogP contribution < -0.4 is 10.1 Å². The third-order valence-corrected chi connectivity index (χ3v) is 4.27. The summed E-state index contributed by atoms with van der Waals surface area (Å²) in [6.45, 7) is 5.16. The van der Waals surface area contributed by atoms with E-state index in [1.807, 2.05) is 18.2 Å². The van der Waals surface area contributed by atoms with Crippen molar-refractivity contribution in [1.82, 2.24) is 5.32 Å². The first-order chi connectivity index (χ1) is 13.7. The molecule has 152 valence electrons. The van der Waals surface area contributed by atoms with Crippen LogP contribution in [-0.2, 0) is 32.2 Å². The van der Waals surface area contributed by atoms with Crippen LogP contribution in [0.3, 0.4) is 0 Å². The predicted octanol–water partition coefficient (Wildman–Crippen LogP) is 3.60. The fourth-order valence-electron chi connectivity index (χ4n) is 2.75. The summed E-state index contributed by atoms with van der Waals surface area (Å²) in [5.74, 6) is -1.99. The lowest BCUT2D eigenvalue weighted by molar-refractivity contribution is -0.159. The minimum atomic E-state index is -1.09. The molecule has 1 aliphatic heterocycles. The van der Waals surface area contributed by atoms with E-state index in [9.17, 15) is 14.0 Å². The van der Waals surface area contributed by atoms with Gasteiger partial charge >= 0.3 is 5.97 Å². The fourth-order valence-corrected chi connectivity index (χ4v) is 2.75. The maximum atomic E-state index is 13.0. The number of halogens is 1. The SMILES string of the molecule is CC(C(=O)NCc1ccccc1OCc1ccc(F)cc1)=C1OC(C)(C)OC1=O. The van der Waals surface area contributed by atoms with Gasteiger partial charge in [-0.15, -0.1) is 0 Å². The molecule has 0 aromatic heterocycles. The lowest BCUT2D eigenvalue weighted by Crippen LogP contribution is -2.25. The molecule has 3 rings (SSSR count). The first-order valence-electron chi connectivity index (χ1n) is 9.12. The molecule has 0 spiro atoms. The molecule has 29 heavy (non-hydrogen) atoms. The fraction of sp³-hybridized carbons (Fsp3) is 0.273. The molecule has 2 aromatic carbocycles. The molecule has 0 aliphatic carbocycles. The Hall–Kier alpha value is -3.35. The number of carbonyl (C=O) groups is 2. The van der Waals surface area contributed by atoms with Crippen molar-refractivity contribution < 1.29 is 28.2 Å². The molecule has 6 nitrogen and oxygen atoms in total. The highest BCUT2D eigenvalue weighted by atomic mass is 19.1. The molecular formula is C22H22FNO5. The van der Waals surface area contributed by atoms with Crippen LogP contribution in [0.5, 0.6) is 5.75 Å². The van der Waals surface area contributed by atoms with Crippen molar-refractivity contribution in [3.8, 4) is 5.75 Å². The van der Waals surface area contributed by atoms with Crippen molar-refractivity contribution in [2.75, 3.05) is 0 Å². The van der Waals surface area contributed by atoms with Crippen molar-refractivity contribution in [3.05, 3.63) is 76.8 Å². The number of ether oxygens (including phenoxy) is 3. The molecule has 1 saturated heterocycles. The van der Waals surface area contributed by atoms with Crippen LogP contribution in [0.1, 0.15) is 31.9 Å². The van der Waals surface area contributed by atoms with Gasteiger partial charge in [-0.25, -0.2) is 9.18 Å². The summed E-state index contributed by atoms with van der Waals surface area (Å²) in [6, 6.07) is 13.3. The molecule has 0 radical (unpaired) electrons. The Kier molecular flexibility index (Phi) is 5.87. The van der Waals surface area contributed by atoms with Gasteiger partial charge < -0.3 is 19.5 Å². The van der Waals surface area contributed by atoms with Gasteiger partial charge in [-0.2, -0.15) is 0 Å². The van der Waals surface area contributed by atoms with Gasteiger partial charge in [0.05, 0.1) is 5.57 Å². The number of carbonyl (C=O) groups excluding carboxylic acids is 2. The average molecular weight is 399 g/mol. The first kappa shape index (κ1) is 20.4. The summed E-state index contributed by atoms with van der Waals surface area (Å²) in [4.78, 5) is 24.3. The number of benzene rings is 2. The van der Waals surface area contributed by atoms with Crippen LogP contribution in [0.15, 0.2) is 59.9 Å². The summed E-state index contributed by atoms with van der Waals surface area (Å²) in [6.07, 6.45) is 0. The minimum absolute atomic E-state index is 0.0895. The summed E-state index contributed by atoms with van der Waals surface area (Å²) in [7, 11) is 0. The van der Waals surface area contributed by atoms with E-state index in [0.717, 1.165) is 11.1 Å². The molecule has 7 heteroatoms. The van der Waals surface area contributed by atoms with Gasteiger partial charge in [-0.1, -0.05) is 30.3 Å². The van der Waals surface area contributed by atoms with E-state index in [0.29, 0.717) is 5.75 Å². The Balaban J connectivity index is 1.64. The summed E-state index contributed by atoms with van der Waals surface area (Å²) in [5, 5.41) is 2.76. The molecular weight excluding hydrogens is 377 g/mol. The summed E-state index contributed by atoms with van der Waals surface area (Å²) >= 11 is 0. The Morgan fingerprint density at radius 2 is 1.79 bits per heavy atom. The lowest BCUT2D eigenvalue weighted by atomic mass is 10.1. The van der Waals surface area contributed by atoms with Crippen molar-refractivity contribution >= 4 is 11.9 Å². The molecule has 1 aliphatic rings. The van der Waals surface area contributed by atoms with Crippen molar-refractivity contribution in [2.45, 2.75) is 39.7 Å². The van der Waals surface area contributed by atoms with Gasteiger partial charge in [-0.05, 0) is 30.7 Å². The maximum Gasteiger partial charge on any atom is 0.377 e. The van der Waals surface area contributed by atoms with Crippen molar-refractivity contribution in [2.24, 2.45) is 0 Å². The van der Waals surface area contributed by atoms with Gasteiger partial charge in [0, 0.05) is 26.0 Å². The van der Waals surface area contributed by atoms with E-state index in [2.05, 4.69) is 5.32 Å². The van der Waals surface area contributed by atoms with Crippen molar-refractivity contribution in [1.29, 1.82) is 0 Å². The Bertz CT molecular complexity index is 950. The van der Waals surface area contributed by atoms with Crippen LogP contribution in [0, 0.1) is 5.82 Å². The molecule has 2 aromatic rings. The van der Waals surface area contributed by atoms with Gasteiger partial charge in [0.25, 0.3) is 5.91 Å². The second-order valence-electron chi connectivity index (χ2n) is 7.05. The molecule has 1 heterocycles. The third kappa shape index (κ3) is 5.13. The number of hydrogen-bond donors (Lipinski definition) is 1. The monoisotopic (exact) mass is 399 g/mol. The lowest BCUT2D eigenvalue weighted by Gasteiger charge is -2.15. The van der Waals surface area contributed by atoms with Crippen LogP contribution in [-0.4, -0.2) is 17.7 Å². The van der Waals surface area contributed by atoms with Crippen LogP contribution in [0.2, 0.25) is 0 Å². The molecule has 1 amide bonds. The average Bonchev–Trinajstić information content (AvgIpc) is 2.98. The van der Waals surface area contributed by atoms with E-state index in [-0.39, 0.29) is 30.3 Å². The summed E-state index contributed by atoms with van der Waals surface area (Å²) < 4.78 is 29.3. The highest BCUT2D eigenvalue weighted by Crippen LogP contribution is 2.28. The quantitative estimate of drug-likeness (QED) is 0.593. The molecule has 0 atom stereocenters. The Morgan fingerprint density at radius 1 is 1.10 bits per heavy atom. The molecule has 0 bridgehead atoms. The smallest absolute Gasteiger partial charge is 0.377 e. The summed E-state index contributed by atoms with van der Waals surface area (Å²) in [5.41, 5.74) is 1.73. The van der Waals surface area contributed by atoms with E-state index < -0.39 is 17.7 Å². The normalized spacial score (nSPS) is 16.6. The van der Waals surface area contributed by atoms with Crippen molar-refractivity contribution in [3.63, 3.8) is 0 Å². The number of hydrogen-bond acceptors (Lipinski definition) is 5. The zero-order valence-corrected chi connectivity index (χ0v) is 16.5. The molecule has 1 N–H and O–H groups in total. The molecule has 0 unspecified atom stereocenters. The van der Waals surface area contributed by atoms with Crippen LogP contribution >= 0.6 is 0 Å². The Labute approximate surface area is 168 Å². The standard InChI is InChI=1S/C22H22FNO5/c1-14(19-21(26)29-22(2,3)28-19)20(25)24-12-16-6-4-5-7-18(16)27-13-15-8-10-17(23)11-9-15/h4-11H,12-13H2,1-3H3,(H,24,25). The van der Waals surface area contributed by atoms with Gasteiger partial charge in [-0.3, -0.25) is 4.79 Å². The predicted molar refractivity (Wildman–Crippen MR) is 103 cm³/mol. The van der Waals surface area contributed by atoms with E-state index >= 15 is 0 Å². The first-order valence-corrected chi connectivity index (χ1v) is 9.12. The van der Waals surface area contributed by atoms with Gasteiger partial charge in [0.15, 0.2) is 0 Å². The topological polar surface area (TPSA) is 73.9 Å². The number of rotatable bonds is 6. The highest BCUT2D eigenvalue weighted by molar-refractivity contribution is 6.01. The van der Waals surface area contributed by atoms with Gasteiger partial charge in [0.1, 0.15) is 18.2 Å². The van der Waals surface area contributed by atoms with E-state index in [1.165, 1.54) is 19.1 Å². The Morgan fingerprint density at radius 3 is 2.45 bits per heavy atom.